The Hall–Kier alpha value is -1.49. The molecular formula is C11H11F3N2. The maximum absolute atomic E-state index is 11.9. The largest absolute Gasteiger partial charge is 0.457 e. The van der Waals surface area contributed by atoms with Crippen molar-refractivity contribution in [2.24, 2.45) is 0 Å². The van der Waals surface area contributed by atoms with Gasteiger partial charge in [0.15, 0.2) is 0 Å². The van der Waals surface area contributed by atoms with Crippen LogP contribution in [0.4, 0.5) is 13.2 Å². The van der Waals surface area contributed by atoms with E-state index in [0.29, 0.717) is 6.42 Å². The summed E-state index contributed by atoms with van der Waals surface area (Å²) in [6.07, 6.45) is -2.20. The first-order valence-electron chi connectivity index (χ1n) is 4.93. The molecule has 0 saturated carbocycles. The lowest BCUT2D eigenvalue weighted by Gasteiger charge is -2.07. The fourth-order valence-electron chi connectivity index (χ4n) is 1.68. The second-order valence-corrected chi connectivity index (χ2v) is 3.53. The molecule has 0 atom stereocenters. The van der Waals surface area contributed by atoms with Gasteiger partial charge in [-0.25, -0.2) is 5.32 Å². The van der Waals surface area contributed by atoms with Crippen LogP contribution < -0.4 is 5.32 Å². The number of halogens is 3. The lowest BCUT2D eigenvalue weighted by Crippen LogP contribution is -2.33. The van der Waals surface area contributed by atoms with Gasteiger partial charge in [0, 0.05) is 23.6 Å². The summed E-state index contributed by atoms with van der Waals surface area (Å²) in [5, 5.41) is 2.49. The third-order valence-electron chi connectivity index (χ3n) is 2.39. The van der Waals surface area contributed by atoms with Gasteiger partial charge in [0.05, 0.1) is 0 Å². The number of fused-ring (bicyclic) bond motifs is 1. The van der Waals surface area contributed by atoms with Crippen molar-refractivity contribution in [1.29, 1.82) is 0 Å². The molecule has 0 amide bonds. The Labute approximate surface area is 90.5 Å². The van der Waals surface area contributed by atoms with Gasteiger partial charge in [-0.05, 0) is 18.1 Å². The second-order valence-electron chi connectivity index (χ2n) is 3.53. The summed E-state index contributed by atoms with van der Waals surface area (Å²) in [7, 11) is 0. The third-order valence-corrected chi connectivity index (χ3v) is 2.39. The molecule has 0 radical (unpaired) electrons. The molecule has 0 spiro atoms. The van der Waals surface area contributed by atoms with Gasteiger partial charge in [-0.3, -0.25) is 0 Å². The second kappa shape index (κ2) is 4.17. The Morgan fingerprint density at radius 1 is 1.19 bits per heavy atom. The first-order chi connectivity index (χ1) is 7.56. The number of nitrogens with one attached hydrogen (secondary N) is 2. The minimum atomic E-state index is -4.30. The normalized spacial score (nSPS) is 12.2. The monoisotopic (exact) mass is 228 g/mol. The number of aromatic nitrogens is 1. The van der Waals surface area contributed by atoms with Gasteiger partial charge in [-0.2, -0.15) is 13.2 Å². The van der Waals surface area contributed by atoms with E-state index >= 15 is 0 Å². The molecule has 1 heterocycles. The number of benzene rings is 1. The van der Waals surface area contributed by atoms with Crippen LogP contribution in [-0.4, -0.2) is 17.8 Å². The Morgan fingerprint density at radius 3 is 2.69 bits per heavy atom. The van der Waals surface area contributed by atoms with E-state index in [0.717, 1.165) is 16.5 Å². The molecular weight excluding hydrogens is 217 g/mol. The first kappa shape index (κ1) is 11.0. The minimum absolute atomic E-state index is 0.106. The van der Waals surface area contributed by atoms with Crippen molar-refractivity contribution in [3.63, 3.8) is 0 Å². The van der Waals surface area contributed by atoms with Crippen LogP contribution in [0.3, 0.4) is 0 Å². The quantitative estimate of drug-likeness (QED) is 0.777. The van der Waals surface area contributed by atoms with Crippen molar-refractivity contribution in [2.45, 2.75) is 12.7 Å². The molecule has 0 aliphatic carbocycles. The molecule has 2 aromatic rings. The molecule has 5 heteroatoms. The van der Waals surface area contributed by atoms with Gasteiger partial charge in [-0.1, -0.05) is 18.2 Å². The van der Waals surface area contributed by atoms with Gasteiger partial charge in [-0.15, -0.1) is 0 Å². The number of rotatable bonds is 3. The van der Waals surface area contributed by atoms with E-state index in [2.05, 4.69) is 4.98 Å². The van der Waals surface area contributed by atoms with E-state index in [1.165, 1.54) is 5.32 Å². The minimum Gasteiger partial charge on any atom is -0.361 e. The van der Waals surface area contributed by atoms with Crippen LogP contribution in [0.1, 0.15) is 5.56 Å². The summed E-state index contributed by atoms with van der Waals surface area (Å²) >= 11 is 0. The van der Waals surface area contributed by atoms with Crippen molar-refractivity contribution >= 4 is 10.9 Å². The Kier molecular flexibility index (Phi) is 2.87. The van der Waals surface area contributed by atoms with Crippen molar-refractivity contribution in [3.8, 4) is 0 Å². The number of H-pyrrole nitrogens is 1. The number of hydrogen-bond acceptors (Lipinski definition) is 1. The van der Waals surface area contributed by atoms with E-state index in [4.69, 9.17) is 0 Å². The maximum Gasteiger partial charge on any atom is 0.457 e. The SMILES string of the molecule is FC(F)(F)NCCc1c[nH]c2ccccc12. The van der Waals surface area contributed by atoms with Crippen LogP contribution in [0.2, 0.25) is 0 Å². The predicted molar refractivity (Wildman–Crippen MR) is 56.1 cm³/mol. The first-order valence-corrected chi connectivity index (χ1v) is 4.93. The number of aromatic amines is 1. The molecule has 2 rings (SSSR count). The van der Waals surface area contributed by atoms with Crippen molar-refractivity contribution in [2.75, 3.05) is 6.54 Å². The highest BCUT2D eigenvalue weighted by Crippen LogP contribution is 2.18. The highest BCUT2D eigenvalue weighted by atomic mass is 19.4. The standard InChI is InChI=1S/C11H11F3N2/c12-11(13,14)16-6-5-8-7-15-10-4-2-1-3-9(8)10/h1-4,7,15-16H,5-6H2. The third kappa shape index (κ3) is 2.55. The van der Waals surface area contributed by atoms with Crippen LogP contribution in [0, 0.1) is 0 Å². The highest BCUT2D eigenvalue weighted by molar-refractivity contribution is 5.83. The van der Waals surface area contributed by atoms with Gasteiger partial charge in [0.25, 0.3) is 0 Å². The average Bonchev–Trinajstić information content (AvgIpc) is 2.60. The number of para-hydroxylation sites is 1. The fourth-order valence-corrected chi connectivity index (χ4v) is 1.68. The molecule has 0 aliphatic rings. The molecule has 0 bridgehead atoms. The molecule has 2 nitrogen and oxygen atoms in total. The molecule has 0 aliphatic heterocycles. The Morgan fingerprint density at radius 2 is 1.94 bits per heavy atom. The summed E-state index contributed by atoms with van der Waals surface area (Å²) in [6.45, 7) is -0.106. The average molecular weight is 228 g/mol. The fraction of sp³-hybridized carbons (Fsp3) is 0.273. The van der Waals surface area contributed by atoms with Gasteiger partial charge < -0.3 is 4.98 Å². The summed E-state index contributed by atoms with van der Waals surface area (Å²) in [4.78, 5) is 3.03. The van der Waals surface area contributed by atoms with E-state index in [1.54, 1.807) is 6.20 Å². The van der Waals surface area contributed by atoms with Crippen LogP contribution in [0.5, 0.6) is 0 Å². The van der Waals surface area contributed by atoms with Crippen LogP contribution in [0.25, 0.3) is 10.9 Å². The summed E-state index contributed by atoms with van der Waals surface area (Å²) in [5.74, 6) is 0. The number of hydrogen-bond donors (Lipinski definition) is 2. The van der Waals surface area contributed by atoms with Gasteiger partial charge >= 0.3 is 6.30 Å². The topological polar surface area (TPSA) is 27.8 Å². The van der Waals surface area contributed by atoms with E-state index in [-0.39, 0.29) is 6.54 Å². The molecule has 0 unspecified atom stereocenters. The van der Waals surface area contributed by atoms with E-state index < -0.39 is 6.30 Å². The molecule has 0 saturated heterocycles. The van der Waals surface area contributed by atoms with Crippen molar-refractivity contribution in [3.05, 3.63) is 36.0 Å². The molecule has 0 fully saturated rings. The molecule has 2 N–H and O–H groups in total. The summed E-state index contributed by atoms with van der Waals surface area (Å²) < 4.78 is 35.6. The zero-order valence-corrected chi connectivity index (χ0v) is 8.43. The Balaban J connectivity index is 2.05. The van der Waals surface area contributed by atoms with Crippen LogP contribution in [-0.2, 0) is 6.42 Å². The molecule has 1 aromatic heterocycles. The van der Waals surface area contributed by atoms with Gasteiger partial charge in [0.1, 0.15) is 0 Å². The summed E-state index contributed by atoms with van der Waals surface area (Å²) in [5.41, 5.74) is 1.84. The van der Waals surface area contributed by atoms with Crippen molar-refractivity contribution in [1.82, 2.24) is 10.3 Å². The van der Waals surface area contributed by atoms with Gasteiger partial charge in [0.2, 0.25) is 0 Å². The lowest BCUT2D eigenvalue weighted by atomic mass is 10.1. The molecule has 86 valence electrons. The Bertz CT molecular complexity index is 473. The maximum atomic E-state index is 11.9. The highest BCUT2D eigenvalue weighted by Gasteiger charge is 2.25. The number of alkyl halides is 3. The van der Waals surface area contributed by atoms with Crippen molar-refractivity contribution < 1.29 is 13.2 Å². The smallest absolute Gasteiger partial charge is 0.361 e. The zero-order valence-electron chi connectivity index (χ0n) is 8.43. The van der Waals surface area contributed by atoms with E-state index in [1.807, 2.05) is 24.3 Å². The van der Waals surface area contributed by atoms with Crippen LogP contribution in [0.15, 0.2) is 30.5 Å². The predicted octanol–water partition coefficient (Wildman–Crippen LogP) is 2.82. The lowest BCUT2D eigenvalue weighted by molar-refractivity contribution is -0.156. The van der Waals surface area contributed by atoms with E-state index in [9.17, 15) is 13.2 Å². The zero-order chi connectivity index (χ0) is 11.6. The van der Waals surface area contributed by atoms with Crippen LogP contribution >= 0.6 is 0 Å². The molecule has 1 aromatic carbocycles. The summed E-state index contributed by atoms with van der Waals surface area (Å²) in [6, 6.07) is 7.55. The molecule has 16 heavy (non-hydrogen) atoms.